The summed E-state index contributed by atoms with van der Waals surface area (Å²) in [6.07, 6.45) is 7.70. The van der Waals surface area contributed by atoms with Crippen molar-refractivity contribution in [3.05, 3.63) is 40.4 Å². The van der Waals surface area contributed by atoms with Crippen LogP contribution in [0.4, 0.5) is 0 Å². The van der Waals surface area contributed by atoms with Gasteiger partial charge in [-0.1, -0.05) is 0 Å². The average molecular weight is 383 g/mol. The van der Waals surface area contributed by atoms with Crippen LogP contribution >= 0.6 is 11.8 Å². The average Bonchev–Trinajstić information content (AvgIpc) is 2.52. The van der Waals surface area contributed by atoms with E-state index in [1.54, 1.807) is 0 Å². The van der Waals surface area contributed by atoms with Crippen LogP contribution in [-0.4, -0.2) is 25.8 Å². The minimum absolute atomic E-state index is 0.130. The summed E-state index contributed by atoms with van der Waals surface area (Å²) in [5.41, 5.74) is 1.17. The van der Waals surface area contributed by atoms with Crippen molar-refractivity contribution < 1.29 is 4.79 Å². The van der Waals surface area contributed by atoms with Gasteiger partial charge in [0.15, 0.2) is 0 Å². The Morgan fingerprint density at radius 1 is 1.00 bits per heavy atom. The Morgan fingerprint density at radius 2 is 1.64 bits per heavy atom. The SMILES string of the molecule is CCCCCCCCSC(=O)C([Se]c1ccccc1)=C(C)C. The molecule has 0 bridgehead atoms. The number of carbonyl (C=O) groups is 1. The summed E-state index contributed by atoms with van der Waals surface area (Å²) in [7, 11) is 0. The molecule has 0 atom stereocenters. The standard InChI is InChI=1S/C19H28OSSe/c1-4-5-6-7-8-12-15-21-19(20)18(16(2)3)22-17-13-10-9-11-14-17/h9-11,13-14H,4-8,12,15H2,1-3H3. The Morgan fingerprint density at radius 3 is 2.27 bits per heavy atom. The van der Waals surface area contributed by atoms with Gasteiger partial charge in [0.25, 0.3) is 0 Å². The van der Waals surface area contributed by atoms with Gasteiger partial charge < -0.3 is 0 Å². The molecule has 0 aliphatic rings. The first-order valence-electron chi connectivity index (χ1n) is 8.22. The van der Waals surface area contributed by atoms with E-state index in [9.17, 15) is 4.79 Å². The molecular formula is C19H28OSSe. The normalized spacial score (nSPS) is 10.5. The fourth-order valence-corrected chi connectivity index (χ4v) is 5.24. The maximum absolute atomic E-state index is 12.4. The van der Waals surface area contributed by atoms with E-state index in [1.165, 1.54) is 53.9 Å². The number of unbranched alkanes of at least 4 members (excludes halogenated alkanes) is 5. The van der Waals surface area contributed by atoms with Crippen molar-refractivity contribution in [3.8, 4) is 0 Å². The number of hydrogen-bond acceptors (Lipinski definition) is 2. The van der Waals surface area contributed by atoms with E-state index in [2.05, 4.69) is 32.9 Å². The Kier molecular flexibility index (Phi) is 10.7. The summed E-state index contributed by atoms with van der Waals surface area (Å²) in [5.74, 6) is 0.965. The molecule has 0 saturated heterocycles. The van der Waals surface area contributed by atoms with Gasteiger partial charge in [-0.15, -0.1) is 0 Å². The van der Waals surface area contributed by atoms with Crippen molar-refractivity contribution in [3.63, 3.8) is 0 Å². The predicted octanol–water partition coefficient (Wildman–Crippen LogP) is 4.93. The molecule has 0 N–H and O–H groups in total. The number of thioether (sulfide) groups is 1. The second-order valence-electron chi connectivity index (χ2n) is 5.65. The van der Waals surface area contributed by atoms with E-state index in [0.717, 1.165) is 16.6 Å². The van der Waals surface area contributed by atoms with Crippen molar-refractivity contribution >= 4 is 36.3 Å². The third-order valence-corrected chi connectivity index (χ3v) is 7.32. The van der Waals surface area contributed by atoms with Crippen molar-refractivity contribution in [2.24, 2.45) is 0 Å². The first-order valence-corrected chi connectivity index (χ1v) is 10.9. The summed E-state index contributed by atoms with van der Waals surface area (Å²) < 4.78 is 2.31. The van der Waals surface area contributed by atoms with Gasteiger partial charge in [0, 0.05) is 0 Å². The first-order chi connectivity index (χ1) is 10.6. The predicted molar refractivity (Wildman–Crippen MR) is 101 cm³/mol. The summed E-state index contributed by atoms with van der Waals surface area (Å²) in [5, 5.41) is 0.289. The minimum atomic E-state index is 0.130. The summed E-state index contributed by atoms with van der Waals surface area (Å²) in [6, 6.07) is 10.4. The monoisotopic (exact) mass is 384 g/mol. The van der Waals surface area contributed by atoms with Crippen LogP contribution in [-0.2, 0) is 4.79 Å². The molecule has 1 rings (SSSR count). The molecule has 0 radical (unpaired) electrons. The number of benzene rings is 1. The Labute approximate surface area is 146 Å². The number of allylic oxidation sites excluding steroid dienone is 1. The zero-order valence-corrected chi connectivity index (χ0v) is 16.6. The molecule has 1 nitrogen and oxygen atoms in total. The molecule has 0 aliphatic carbocycles. The molecule has 0 fully saturated rings. The van der Waals surface area contributed by atoms with Crippen molar-refractivity contribution in [1.29, 1.82) is 0 Å². The van der Waals surface area contributed by atoms with Gasteiger partial charge in [-0.2, -0.15) is 0 Å². The van der Waals surface area contributed by atoms with Gasteiger partial charge in [-0.3, -0.25) is 0 Å². The molecule has 0 spiro atoms. The molecule has 122 valence electrons. The van der Waals surface area contributed by atoms with Gasteiger partial charge >= 0.3 is 147 Å². The first kappa shape index (κ1) is 19.5. The molecule has 3 heteroatoms. The molecule has 1 aromatic rings. The fraction of sp³-hybridized carbons (Fsp3) is 0.526. The van der Waals surface area contributed by atoms with E-state index in [0.29, 0.717) is 0 Å². The van der Waals surface area contributed by atoms with Crippen LogP contribution in [0.25, 0.3) is 0 Å². The van der Waals surface area contributed by atoms with Gasteiger partial charge in [0.1, 0.15) is 0 Å². The van der Waals surface area contributed by atoms with Crippen LogP contribution in [0.1, 0.15) is 59.3 Å². The van der Waals surface area contributed by atoms with E-state index in [1.807, 2.05) is 18.2 Å². The summed E-state index contributed by atoms with van der Waals surface area (Å²) in [6.45, 7) is 6.36. The molecule has 0 aliphatic heterocycles. The molecule has 0 unspecified atom stereocenters. The molecule has 0 heterocycles. The topological polar surface area (TPSA) is 17.1 Å². The van der Waals surface area contributed by atoms with Gasteiger partial charge in [-0.05, 0) is 0 Å². The third kappa shape index (κ3) is 8.22. The Balaban J connectivity index is 2.36. The quantitative estimate of drug-likeness (QED) is 0.324. The zero-order chi connectivity index (χ0) is 16.2. The third-order valence-electron chi connectivity index (χ3n) is 3.33. The number of carbonyl (C=O) groups excluding carboxylic acids is 1. The Hall–Kier alpha value is -0.501. The van der Waals surface area contributed by atoms with Crippen LogP contribution < -0.4 is 4.46 Å². The fourth-order valence-electron chi connectivity index (χ4n) is 2.07. The van der Waals surface area contributed by atoms with Gasteiger partial charge in [0.05, 0.1) is 0 Å². The van der Waals surface area contributed by atoms with Gasteiger partial charge in [0.2, 0.25) is 0 Å². The molecule has 1 aromatic carbocycles. The van der Waals surface area contributed by atoms with Gasteiger partial charge in [-0.25, -0.2) is 0 Å². The summed E-state index contributed by atoms with van der Waals surface area (Å²) in [4.78, 5) is 12.4. The molecule has 0 aromatic heterocycles. The molecular weight excluding hydrogens is 355 g/mol. The molecule has 0 saturated carbocycles. The number of hydrogen-bond donors (Lipinski definition) is 0. The van der Waals surface area contributed by atoms with Crippen molar-refractivity contribution in [2.75, 3.05) is 5.75 Å². The van der Waals surface area contributed by atoms with Crippen LogP contribution in [0, 0.1) is 0 Å². The molecule has 0 amide bonds. The maximum atomic E-state index is 12.4. The van der Waals surface area contributed by atoms with Crippen LogP contribution in [0.3, 0.4) is 0 Å². The van der Waals surface area contributed by atoms with E-state index in [-0.39, 0.29) is 20.1 Å². The van der Waals surface area contributed by atoms with Crippen LogP contribution in [0.5, 0.6) is 0 Å². The van der Waals surface area contributed by atoms with E-state index in [4.69, 9.17) is 0 Å². The van der Waals surface area contributed by atoms with Crippen molar-refractivity contribution in [2.45, 2.75) is 59.3 Å². The summed E-state index contributed by atoms with van der Waals surface area (Å²) >= 11 is 1.64. The van der Waals surface area contributed by atoms with E-state index < -0.39 is 0 Å². The molecule has 22 heavy (non-hydrogen) atoms. The van der Waals surface area contributed by atoms with Crippen LogP contribution in [0.15, 0.2) is 40.4 Å². The Bertz CT molecular complexity index is 464. The van der Waals surface area contributed by atoms with E-state index >= 15 is 0 Å². The van der Waals surface area contributed by atoms with Crippen LogP contribution in [0.2, 0.25) is 0 Å². The zero-order valence-electron chi connectivity index (χ0n) is 14.1. The number of rotatable bonds is 10. The second-order valence-corrected chi connectivity index (χ2v) is 8.99. The second kappa shape index (κ2) is 12.0. The van der Waals surface area contributed by atoms with Crippen molar-refractivity contribution in [1.82, 2.24) is 0 Å².